The van der Waals surface area contributed by atoms with Crippen LogP contribution in [0.3, 0.4) is 0 Å². The van der Waals surface area contributed by atoms with Crippen LogP contribution in [0.15, 0.2) is 79.1 Å². The minimum atomic E-state index is -0.0839. The van der Waals surface area contributed by atoms with Gasteiger partial charge in [0.05, 0.1) is 5.92 Å². The normalized spacial score (nSPS) is 15.8. The zero-order chi connectivity index (χ0) is 23.3. The molecule has 0 saturated carbocycles. The van der Waals surface area contributed by atoms with Crippen molar-refractivity contribution in [2.75, 3.05) is 23.3 Å². The Hall–Kier alpha value is -4.00. The van der Waals surface area contributed by atoms with Gasteiger partial charge in [-0.05, 0) is 49.1 Å². The largest absolute Gasteiger partial charge is 0.354 e. The van der Waals surface area contributed by atoms with Gasteiger partial charge in [0.25, 0.3) is 0 Å². The maximum atomic E-state index is 12.9. The Morgan fingerprint density at radius 3 is 2.50 bits per heavy atom. The van der Waals surface area contributed by atoms with E-state index in [4.69, 9.17) is 0 Å². The van der Waals surface area contributed by atoms with Crippen LogP contribution in [0.1, 0.15) is 25.3 Å². The van der Waals surface area contributed by atoms with Gasteiger partial charge in [0, 0.05) is 36.7 Å². The molecule has 0 aliphatic carbocycles. The molecule has 3 heterocycles. The molecule has 1 aliphatic rings. The van der Waals surface area contributed by atoms with Crippen LogP contribution in [0.5, 0.6) is 0 Å². The molecule has 34 heavy (non-hydrogen) atoms. The Morgan fingerprint density at radius 2 is 1.76 bits per heavy atom. The van der Waals surface area contributed by atoms with Gasteiger partial charge in [0.2, 0.25) is 5.91 Å². The van der Waals surface area contributed by atoms with E-state index < -0.39 is 0 Å². The van der Waals surface area contributed by atoms with E-state index in [-0.39, 0.29) is 11.8 Å². The van der Waals surface area contributed by atoms with Crippen molar-refractivity contribution >= 4 is 17.4 Å². The smallest absolute Gasteiger partial charge is 0.229 e. The number of imidazole rings is 1. The van der Waals surface area contributed by atoms with Crippen molar-refractivity contribution in [1.82, 2.24) is 19.7 Å². The highest BCUT2D eigenvalue weighted by atomic mass is 16.1. The Balaban J connectivity index is 1.27. The van der Waals surface area contributed by atoms with Crippen LogP contribution in [0.4, 0.5) is 11.5 Å². The molecule has 7 heteroatoms. The second-order valence-electron chi connectivity index (χ2n) is 8.56. The molecule has 2 aromatic carbocycles. The lowest BCUT2D eigenvalue weighted by molar-refractivity contribution is -0.120. The summed E-state index contributed by atoms with van der Waals surface area (Å²) >= 11 is 0. The van der Waals surface area contributed by atoms with Gasteiger partial charge in [0.1, 0.15) is 5.82 Å². The lowest BCUT2D eigenvalue weighted by Gasteiger charge is -2.32. The van der Waals surface area contributed by atoms with Crippen molar-refractivity contribution in [2.24, 2.45) is 5.92 Å². The molecule has 0 bridgehead atoms. The van der Waals surface area contributed by atoms with Gasteiger partial charge in [-0.3, -0.25) is 9.36 Å². The number of piperidine rings is 1. The number of aryl methyl sites for hydroxylation is 1. The van der Waals surface area contributed by atoms with Crippen LogP contribution in [-0.4, -0.2) is 38.7 Å². The summed E-state index contributed by atoms with van der Waals surface area (Å²) in [5.74, 6) is 2.30. The van der Waals surface area contributed by atoms with Gasteiger partial charge in [0.15, 0.2) is 11.6 Å². The zero-order valence-corrected chi connectivity index (χ0v) is 19.3. The second-order valence-corrected chi connectivity index (χ2v) is 8.56. The predicted molar refractivity (Wildman–Crippen MR) is 134 cm³/mol. The molecule has 172 valence electrons. The van der Waals surface area contributed by atoms with Crippen LogP contribution in [0.2, 0.25) is 0 Å². The van der Waals surface area contributed by atoms with E-state index >= 15 is 0 Å². The monoisotopic (exact) mass is 452 g/mol. The van der Waals surface area contributed by atoms with Crippen LogP contribution in [0, 0.1) is 5.92 Å². The molecule has 1 N–H and O–H groups in total. The van der Waals surface area contributed by atoms with Crippen molar-refractivity contribution in [3.8, 4) is 17.2 Å². The van der Waals surface area contributed by atoms with Crippen molar-refractivity contribution in [3.63, 3.8) is 0 Å². The van der Waals surface area contributed by atoms with Gasteiger partial charge in [-0.1, -0.05) is 49.4 Å². The molecule has 7 nitrogen and oxygen atoms in total. The van der Waals surface area contributed by atoms with E-state index in [0.717, 1.165) is 48.7 Å². The van der Waals surface area contributed by atoms with Gasteiger partial charge < -0.3 is 10.2 Å². The first-order chi connectivity index (χ1) is 16.7. The summed E-state index contributed by atoms with van der Waals surface area (Å²) in [6.07, 6.45) is 6.45. The fourth-order valence-electron chi connectivity index (χ4n) is 4.37. The fourth-order valence-corrected chi connectivity index (χ4v) is 4.37. The number of hydrogen-bond donors (Lipinski definition) is 1. The summed E-state index contributed by atoms with van der Waals surface area (Å²) in [5, 5.41) is 12.0. The summed E-state index contributed by atoms with van der Waals surface area (Å²) in [7, 11) is 0. The van der Waals surface area contributed by atoms with Crippen molar-refractivity contribution < 1.29 is 4.79 Å². The zero-order valence-electron chi connectivity index (χ0n) is 19.3. The molecule has 0 spiro atoms. The topological polar surface area (TPSA) is 75.9 Å². The Morgan fingerprint density at radius 1 is 1.00 bits per heavy atom. The molecule has 2 aromatic heterocycles. The molecular weight excluding hydrogens is 424 g/mol. The first kappa shape index (κ1) is 21.8. The average molecular weight is 453 g/mol. The highest BCUT2D eigenvalue weighted by Gasteiger charge is 2.27. The average Bonchev–Trinajstić information content (AvgIpc) is 3.40. The van der Waals surface area contributed by atoms with Gasteiger partial charge in [-0.25, -0.2) is 4.98 Å². The highest BCUT2D eigenvalue weighted by Crippen LogP contribution is 2.24. The molecule has 1 unspecified atom stereocenters. The molecule has 4 aromatic rings. The number of carbonyl (C=O) groups is 1. The van der Waals surface area contributed by atoms with Crippen molar-refractivity contribution in [3.05, 3.63) is 84.7 Å². The van der Waals surface area contributed by atoms with E-state index in [2.05, 4.69) is 44.5 Å². The summed E-state index contributed by atoms with van der Waals surface area (Å²) in [4.78, 5) is 19.5. The Kier molecular flexibility index (Phi) is 6.33. The maximum Gasteiger partial charge on any atom is 0.229 e. The third kappa shape index (κ3) is 4.69. The van der Waals surface area contributed by atoms with E-state index in [1.807, 2.05) is 65.4 Å². The third-order valence-electron chi connectivity index (χ3n) is 6.30. The molecule has 1 aliphatic heterocycles. The van der Waals surface area contributed by atoms with Crippen LogP contribution >= 0.6 is 0 Å². The second kappa shape index (κ2) is 9.87. The summed E-state index contributed by atoms with van der Waals surface area (Å²) in [6, 6.07) is 22.0. The van der Waals surface area contributed by atoms with Gasteiger partial charge >= 0.3 is 0 Å². The Labute approximate surface area is 199 Å². The molecule has 1 fully saturated rings. The molecule has 1 amide bonds. The number of rotatable bonds is 6. The van der Waals surface area contributed by atoms with Gasteiger partial charge in [-0.2, -0.15) is 0 Å². The predicted octanol–water partition coefficient (Wildman–Crippen LogP) is 4.75. The molecule has 1 atom stereocenters. The van der Waals surface area contributed by atoms with Crippen molar-refractivity contribution in [2.45, 2.75) is 26.2 Å². The molecular formula is C27H28N6O. The first-order valence-electron chi connectivity index (χ1n) is 11.8. The number of amides is 1. The standard InChI is InChI=1S/C27H28N6O/c1-2-20-10-12-23(13-11-20)29-27(34)22-9-6-17-32(19-22)24-14-15-25(31-30-24)33-18-16-28-26(33)21-7-4-3-5-8-21/h3-5,7-8,10-16,18,22H,2,6,9,17,19H2,1H3,(H,29,34). The van der Waals surface area contributed by atoms with Crippen molar-refractivity contribution in [1.29, 1.82) is 0 Å². The molecule has 5 rings (SSSR count). The SMILES string of the molecule is CCc1ccc(NC(=O)C2CCCN(c3ccc(-n4ccnc4-c4ccccc4)nn3)C2)cc1. The first-order valence-corrected chi connectivity index (χ1v) is 11.8. The minimum absolute atomic E-state index is 0.0597. The minimum Gasteiger partial charge on any atom is -0.354 e. The number of hydrogen-bond acceptors (Lipinski definition) is 5. The van der Waals surface area contributed by atoms with Crippen LogP contribution in [0.25, 0.3) is 17.2 Å². The Bertz CT molecular complexity index is 1230. The highest BCUT2D eigenvalue weighted by molar-refractivity contribution is 5.93. The van der Waals surface area contributed by atoms with E-state index in [1.54, 1.807) is 6.20 Å². The third-order valence-corrected chi connectivity index (χ3v) is 6.30. The number of benzene rings is 2. The van der Waals surface area contributed by atoms with Crippen LogP contribution < -0.4 is 10.2 Å². The number of carbonyl (C=O) groups excluding carboxylic acids is 1. The lowest BCUT2D eigenvalue weighted by Crippen LogP contribution is -2.41. The number of anilines is 2. The number of aromatic nitrogens is 4. The van der Waals surface area contributed by atoms with E-state index in [0.29, 0.717) is 12.4 Å². The van der Waals surface area contributed by atoms with Gasteiger partial charge in [-0.15, -0.1) is 10.2 Å². The quantitative estimate of drug-likeness (QED) is 0.457. The van der Waals surface area contributed by atoms with Crippen LogP contribution in [-0.2, 0) is 11.2 Å². The number of nitrogens with one attached hydrogen (secondary N) is 1. The summed E-state index contributed by atoms with van der Waals surface area (Å²) < 4.78 is 1.93. The number of nitrogens with zero attached hydrogens (tertiary/aromatic N) is 5. The molecule has 0 radical (unpaired) electrons. The maximum absolute atomic E-state index is 12.9. The summed E-state index contributed by atoms with van der Waals surface area (Å²) in [5.41, 5.74) is 3.13. The van der Waals surface area contributed by atoms with E-state index in [1.165, 1.54) is 5.56 Å². The fraction of sp³-hybridized carbons (Fsp3) is 0.259. The lowest BCUT2D eigenvalue weighted by atomic mass is 9.97. The van der Waals surface area contributed by atoms with E-state index in [9.17, 15) is 4.79 Å². The summed E-state index contributed by atoms with van der Waals surface area (Å²) in [6.45, 7) is 3.62. The molecule has 1 saturated heterocycles.